The van der Waals surface area contributed by atoms with Crippen LogP contribution in [0.2, 0.25) is 0 Å². The molecular weight excluding hydrogens is 298 g/mol. The van der Waals surface area contributed by atoms with Crippen LogP contribution < -0.4 is 27.0 Å². The fourth-order valence-corrected chi connectivity index (χ4v) is 2.59. The fraction of sp³-hybridized carbons (Fsp3) is 0.474. The van der Waals surface area contributed by atoms with Gasteiger partial charge in [0.05, 0.1) is 0 Å². The molecule has 0 spiro atoms. The van der Waals surface area contributed by atoms with E-state index in [1.54, 1.807) is 0 Å². The summed E-state index contributed by atoms with van der Waals surface area (Å²) in [4.78, 5) is 0. The second-order valence-corrected chi connectivity index (χ2v) is 5.90. The lowest BCUT2D eigenvalue weighted by molar-refractivity contribution is 0.567. The second kappa shape index (κ2) is 11.9. The number of hydrogen-bond acceptors (Lipinski definition) is 5. The van der Waals surface area contributed by atoms with Crippen LogP contribution in [0.1, 0.15) is 5.56 Å². The maximum absolute atomic E-state index is 5.41. The van der Waals surface area contributed by atoms with Crippen molar-refractivity contribution < 1.29 is 0 Å². The Kier molecular flexibility index (Phi) is 9.38. The van der Waals surface area contributed by atoms with Crippen molar-refractivity contribution in [2.75, 3.05) is 52.4 Å². The maximum atomic E-state index is 5.41. The normalized spacial score (nSPS) is 11.2. The Labute approximate surface area is 145 Å². The van der Waals surface area contributed by atoms with Gasteiger partial charge in [0.2, 0.25) is 0 Å². The Balaban J connectivity index is 1.46. The summed E-state index contributed by atoms with van der Waals surface area (Å²) in [5.74, 6) is 0. The standard InChI is InChI=1S/C19H31N5/c20-7-8-21-9-10-22-11-12-23-13-14-24-16-17-5-6-18-3-1-2-4-19(18)15-17/h1-6,15,21-24H,7-14,16,20H2. The van der Waals surface area contributed by atoms with Gasteiger partial charge in [0.1, 0.15) is 0 Å². The minimum Gasteiger partial charge on any atom is -0.329 e. The average molecular weight is 329 g/mol. The first-order chi connectivity index (χ1) is 11.9. The molecule has 0 aliphatic rings. The van der Waals surface area contributed by atoms with E-state index in [0.29, 0.717) is 6.54 Å². The van der Waals surface area contributed by atoms with Gasteiger partial charge in [0, 0.05) is 58.9 Å². The van der Waals surface area contributed by atoms with Gasteiger partial charge >= 0.3 is 0 Å². The highest BCUT2D eigenvalue weighted by Gasteiger charge is 1.96. The molecule has 0 aliphatic carbocycles. The van der Waals surface area contributed by atoms with Crippen LogP contribution in [-0.2, 0) is 6.54 Å². The monoisotopic (exact) mass is 329 g/mol. The van der Waals surface area contributed by atoms with Crippen molar-refractivity contribution in [1.29, 1.82) is 0 Å². The molecule has 132 valence electrons. The van der Waals surface area contributed by atoms with E-state index in [9.17, 15) is 0 Å². The summed E-state index contributed by atoms with van der Waals surface area (Å²) in [6.07, 6.45) is 0. The molecule has 0 heterocycles. The first-order valence-electron chi connectivity index (χ1n) is 8.91. The Morgan fingerprint density at radius 1 is 0.625 bits per heavy atom. The van der Waals surface area contributed by atoms with E-state index in [0.717, 1.165) is 52.4 Å². The molecule has 2 aromatic rings. The molecule has 0 fully saturated rings. The van der Waals surface area contributed by atoms with Gasteiger partial charge in [-0.25, -0.2) is 0 Å². The van der Waals surface area contributed by atoms with Crippen molar-refractivity contribution in [3.8, 4) is 0 Å². The van der Waals surface area contributed by atoms with Crippen molar-refractivity contribution >= 4 is 10.8 Å². The van der Waals surface area contributed by atoms with Crippen LogP contribution in [0.3, 0.4) is 0 Å². The van der Waals surface area contributed by atoms with Crippen LogP contribution in [0, 0.1) is 0 Å². The summed E-state index contributed by atoms with van der Waals surface area (Å²) in [6.45, 7) is 8.43. The number of benzene rings is 2. The maximum Gasteiger partial charge on any atom is 0.0206 e. The average Bonchev–Trinajstić information content (AvgIpc) is 2.62. The van der Waals surface area contributed by atoms with Crippen LogP contribution in [0.4, 0.5) is 0 Å². The SMILES string of the molecule is NCCNCCNCCNCCNCc1ccc2ccccc2c1. The summed E-state index contributed by atoms with van der Waals surface area (Å²) in [7, 11) is 0. The number of rotatable bonds is 13. The third-order valence-corrected chi connectivity index (χ3v) is 3.90. The zero-order valence-electron chi connectivity index (χ0n) is 14.5. The Morgan fingerprint density at radius 2 is 1.21 bits per heavy atom. The summed E-state index contributed by atoms with van der Waals surface area (Å²) in [5.41, 5.74) is 6.75. The summed E-state index contributed by atoms with van der Waals surface area (Å²) >= 11 is 0. The Morgan fingerprint density at radius 3 is 1.88 bits per heavy atom. The van der Waals surface area contributed by atoms with Gasteiger partial charge < -0.3 is 27.0 Å². The lowest BCUT2D eigenvalue weighted by Gasteiger charge is -2.09. The summed E-state index contributed by atoms with van der Waals surface area (Å²) < 4.78 is 0. The fourth-order valence-electron chi connectivity index (χ4n) is 2.59. The van der Waals surface area contributed by atoms with Gasteiger partial charge in [0.25, 0.3) is 0 Å². The van der Waals surface area contributed by atoms with Crippen molar-refractivity contribution in [3.63, 3.8) is 0 Å². The van der Waals surface area contributed by atoms with Crippen LogP contribution in [0.5, 0.6) is 0 Å². The molecule has 5 nitrogen and oxygen atoms in total. The summed E-state index contributed by atoms with van der Waals surface area (Å²) in [6, 6.07) is 15.1. The van der Waals surface area contributed by atoms with Crippen LogP contribution in [0.15, 0.2) is 42.5 Å². The van der Waals surface area contributed by atoms with Crippen LogP contribution in [0.25, 0.3) is 10.8 Å². The minimum absolute atomic E-state index is 0.702. The molecule has 0 unspecified atom stereocenters. The third kappa shape index (κ3) is 7.38. The molecule has 5 heteroatoms. The molecule has 0 aliphatic heterocycles. The van der Waals surface area contributed by atoms with Gasteiger partial charge in [-0.15, -0.1) is 0 Å². The van der Waals surface area contributed by atoms with E-state index in [4.69, 9.17) is 5.73 Å². The zero-order chi connectivity index (χ0) is 16.9. The third-order valence-electron chi connectivity index (χ3n) is 3.90. The predicted octanol–water partition coefficient (Wildman–Crippen LogP) is 0.657. The number of nitrogens with two attached hydrogens (primary N) is 1. The van der Waals surface area contributed by atoms with Crippen molar-refractivity contribution in [2.45, 2.75) is 6.54 Å². The van der Waals surface area contributed by atoms with Gasteiger partial charge in [-0.05, 0) is 22.4 Å². The molecule has 0 bridgehead atoms. The summed E-state index contributed by atoms with van der Waals surface area (Å²) in [5, 5.41) is 16.2. The van der Waals surface area contributed by atoms with E-state index < -0.39 is 0 Å². The predicted molar refractivity (Wildman–Crippen MR) is 103 cm³/mol. The van der Waals surface area contributed by atoms with Crippen molar-refractivity contribution in [1.82, 2.24) is 21.3 Å². The number of nitrogens with one attached hydrogen (secondary N) is 4. The highest BCUT2D eigenvalue weighted by molar-refractivity contribution is 5.82. The molecular formula is C19H31N5. The smallest absolute Gasteiger partial charge is 0.0206 e. The molecule has 2 rings (SSSR count). The van der Waals surface area contributed by atoms with Crippen molar-refractivity contribution in [2.24, 2.45) is 5.73 Å². The molecule has 6 N–H and O–H groups in total. The van der Waals surface area contributed by atoms with Gasteiger partial charge in [-0.3, -0.25) is 0 Å². The molecule has 0 saturated carbocycles. The molecule has 0 atom stereocenters. The Bertz CT molecular complexity index is 572. The highest BCUT2D eigenvalue weighted by atomic mass is 15.0. The highest BCUT2D eigenvalue weighted by Crippen LogP contribution is 2.15. The molecule has 0 amide bonds. The largest absolute Gasteiger partial charge is 0.329 e. The van der Waals surface area contributed by atoms with Gasteiger partial charge in [-0.1, -0.05) is 36.4 Å². The van der Waals surface area contributed by atoms with Crippen molar-refractivity contribution in [3.05, 3.63) is 48.0 Å². The first kappa shape index (κ1) is 18.8. The zero-order valence-corrected chi connectivity index (χ0v) is 14.5. The molecule has 2 aromatic carbocycles. The van der Waals surface area contributed by atoms with E-state index >= 15 is 0 Å². The van der Waals surface area contributed by atoms with Crippen LogP contribution in [-0.4, -0.2) is 52.4 Å². The lowest BCUT2D eigenvalue weighted by atomic mass is 10.1. The first-order valence-corrected chi connectivity index (χ1v) is 8.91. The molecule has 24 heavy (non-hydrogen) atoms. The molecule has 0 aromatic heterocycles. The quantitative estimate of drug-likeness (QED) is 0.349. The second-order valence-electron chi connectivity index (χ2n) is 5.90. The van der Waals surface area contributed by atoms with Gasteiger partial charge in [-0.2, -0.15) is 0 Å². The minimum atomic E-state index is 0.702. The van der Waals surface area contributed by atoms with E-state index in [1.165, 1.54) is 16.3 Å². The van der Waals surface area contributed by atoms with E-state index in [2.05, 4.69) is 63.7 Å². The molecule has 0 radical (unpaired) electrons. The number of hydrogen-bond donors (Lipinski definition) is 5. The van der Waals surface area contributed by atoms with Crippen LogP contribution >= 0.6 is 0 Å². The van der Waals surface area contributed by atoms with E-state index in [-0.39, 0.29) is 0 Å². The van der Waals surface area contributed by atoms with E-state index in [1.807, 2.05) is 0 Å². The topological polar surface area (TPSA) is 74.1 Å². The van der Waals surface area contributed by atoms with Gasteiger partial charge in [0.15, 0.2) is 0 Å². The molecule has 0 saturated heterocycles. The number of fused-ring (bicyclic) bond motifs is 1. The lowest BCUT2D eigenvalue weighted by Crippen LogP contribution is -2.35. The Hall–Kier alpha value is -1.50.